The van der Waals surface area contributed by atoms with Gasteiger partial charge in [0.1, 0.15) is 17.0 Å². The van der Waals surface area contributed by atoms with Crippen LogP contribution >= 0.6 is 22.7 Å². The number of rotatable bonds is 6. The van der Waals surface area contributed by atoms with Gasteiger partial charge in [-0.15, -0.1) is 22.7 Å². The molecule has 0 saturated carbocycles. The smallest absolute Gasteiger partial charge is 0.345 e. The Hall–Kier alpha value is -3.29. The van der Waals surface area contributed by atoms with Gasteiger partial charge in [-0.25, -0.2) is 14.8 Å². The number of thiazole rings is 2. The van der Waals surface area contributed by atoms with E-state index in [-0.39, 0.29) is 0 Å². The number of esters is 1. The molecule has 0 aliphatic heterocycles. The molecule has 0 saturated heterocycles. The number of nitrogens with zero attached hydrogens (tertiary/aromatic N) is 2. The number of methoxy groups -OCH3 is 1. The lowest BCUT2D eigenvalue weighted by atomic mass is 10.1. The van der Waals surface area contributed by atoms with Crippen LogP contribution in [0.25, 0.3) is 30.4 Å². The highest BCUT2D eigenvalue weighted by Gasteiger charge is 2.21. The summed E-state index contributed by atoms with van der Waals surface area (Å²) in [4.78, 5) is 22.6. The summed E-state index contributed by atoms with van der Waals surface area (Å²) < 4.78 is 13.1. The molecule has 5 nitrogen and oxygen atoms in total. The van der Waals surface area contributed by atoms with Crippen LogP contribution in [0.3, 0.4) is 0 Å². The molecule has 166 valence electrons. The predicted octanol–water partition coefficient (Wildman–Crippen LogP) is 7.06. The summed E-state index contributed by atoms with van der Waals surface area (Å²) in [7, 11) is 1.62. The first-order chi connectivity index (χ1) is 16.1. The van der Waals surface area contributed by atoms with E-state index in [1.54, 1.807) is 30.6 Å². The van der Waals surface area contributed by atoms with E-state index in [2.05, 4.69) is 26.0 Å². The van der Waals surface area contributed by atoms with Gasteiger partial charge in [-0.3, -0.25) is 0 Å². The molecular weight excluding hydrogens is 452 g/mol. The number of aromatic nitrogens is 2. The number of ether oxygens (including phenoxy) is 2. The van der Waals surface area contributed by atoms with Crippen molar-refractivity contribution < 1.29 is 14.3 Å². The SMILES string of the molecule is CCCc1ccc(OC(=O)c2ccc(OC)c3sc(-c4nc5ccc(C)cc5s4)nc23)cc1. The van der Waals surface area contributed by atoms with Crippen LogP contribution in [0.15, 0.2) is 54.6 Å². The Bertz CT molecular complexity index is 1470. The highest BCUT2D eigenvalue weighted by Crippen LogP contribution is 2.40. The third-order valence-electron chi connectivity index (χ3n) is 5.35. The summed E-state index contributed by atoms with van der Waals surface area (Å²) in [6.45, 7) is 4.21. The van der Waals surface area contributed by atoms with E-state index in [0.717, 1.165) is 37.8 Å². The summed E-state index contributed by atoms with van der Waals surface area (Å²) in [5.41, 5.74) is 4.33. The standard InChI is InChI=1S/C26H22N2O3S2/c1-4-5-16-7-9-17(10-8-16)31-26(29)18-11-13-20(30-3)23-22(18)28-25(33-23)24-27-19-12-6-15(2)14-21(19)32-24/h6-14H,4-5H2,1-3H3. The van der Waals surface area contributed by atoms with Crippen LogP contribution in [0.5, 0.6) is 11.5 Å². The summed E-state index contributed by atoms with van der Waals surface area (Å²) in [5, 5.41) is 1.58. The van der Waals surface area contributed by atoms with Gasteiger partial charge in [-0.1, -0.05) is 31.5 Å². The van der Waals surface area contributed by atoms with Crippen molar-refractivity contribution in [3.8, 4) is 21.5 Å². The van der Waals surface area contributed by atoms with Crippen molar-refractivity contribution in [1.82, 2.24) is 9.97 Å². The summed E-state index contributed by atoms with van der Waals surface area (Å²) >= 11 is 3.07. The molecule has 5 aromatic rings. The number of benzene rings is 3. The zero-order valence-electron chi connectivity index (χ0n) is 18.5. The number of hydrogen-bond donors (Lipinski definition) is 0. The maximum Gasteiger partial charge on any atom is 0.345 e. The number of carbonyl (C=O) groups is 1. The van der Waals surface area contributed by atoms with Gasteiger partial charge in [0.15, 0.2) is 10.0 Å². The second-order valence-corrected chi connectivity index (χ2v) is 9.82. The molecule has 2 heterocycles. The number of aryl methyl sites for hydroxylation is 2. The minimum absolute atomic E-state index is 0.405. The third-order valence-corrected chi connectivity index (χ3v) is 7.58. The molecule has 0 unspecified atom stereocenters. The first-order valence-corrected chi connectivity index (χ1v) is 12.3. The largest absolute Gasteiger partial charge is 0.495 e. The van der Waals surface area contributed by atoms with Crippen LogP contribution in [-0.2, 0) is 6.42 Å². The third kappa shape index (κ3) is 4.21. The zero-order valence-corrected chi connectivity index (χ0v) is 20.2. The van der Waals surface area contributed by atoms with Gasteiger partial charge in [0.05, 0.1) is 27.6 Å². The fourth-order valence-corrected chi connectivity index (χ4v) is 5.86. The monoisotopic (exact) mass is 474 g/mol. The van der Waals surface area contributed by atoms with Gasteiger partial charge < -0.3 is 9.47 Å². The Morgan fingerprint density at radius 1 is 0.970 bits per heavy atom. The summed E-state index contributed by atoms with van der Waals surface area (Å²) in [6, 6.07) is 17.3. The fourth-order valence-electron chi connectivity index (χ4n) is 3.70. The molecule has 0 spiro atoms. The maximum atomic E-state index is 13.1. The van der Waals surface area contributed by atoms with Crippen molar-refractivity contribution >= 4 is 49.1 Å². The molecule has 3 aromatic carbocycles. The zero-order chi connectivity index (χ0) is 22.9. The molecule has 0 amide bonds. The van der Waals surface area contributed by atoms with Crippen molar-refractivity contribution in [1.29, 1.82) is 0 Å². The Kier molecular flexibility index (Phi) is 5.83. The molecule has 0 atom stereocenters. The average Bonchev–Trinajstić information content (AvgIpc) is 3.44. The molecule has 0 bridgehead atoms. The molecule has 0 aliphatic carbocycles. The van der Waals surface area contributed by atoms with Crippen LogP contribution < -0.4 is 9.47 Å². The highest BCUT2D eigenvalue weighted by molar-refractivity contribution is 7.28. The Balaban J connectivity index is 1.52. The van der Waals surface area contributed by atoms with Crippen LogP contribution in [0.2, 0.25) is 0 Å². The van der Waals surface area contributed by atoms with E-state index in [9.17, 15) is 4.79 Å². The maximum absolute atomic E-state index is 13.1. The van der Waals surface area contributed by atoms with Crippen molar-refractivity contribution in [2.45, 2.75) is 26.7 Å². The minimum atomic E-state index is -0.442. The quantitative estimate of drug-likeness (QED) is 0.195. The first-order valence-electron chi connectivity index (χ1n) is 10.7. The average molecular weight is 475 g/mol. The van der Waals surface area contributed by atoms with Crippen molar-refractivity contribution in [2.24, 2.45) is 0 Å². The normalized spacial score (nSPS) is 11.2. The van der Waals surface area contributed by atoms with Crippen LogP contribution in [-0.4, -0.2) is 23.0 Å². The topological polar surface area (TPSA) is 61.3 Å². The highest BCUT2D eigenvalue weighted by atomic mass is 32.1. The molecule has 2 aromatic heterocycles. The Morgan fingerprint density at radius 2 is 1.76 bits per heavy atom. The fraction of sp³-hybridized carbons (Fsp3) is 0.192. The molecular formula is C26H22N2O3S2. The second kappa shape index (κ2) is 8.92. The van der Waals surface area contributed by atoms with Gasteiger partial charge in [0.2, 0.25) is 0 Å². The van der Waals surface area contributed by atoms with E-state index in [1.165, 1.54) is 22.5 Å². The van der Waals surface area contributed by atoms with Gasteiger partial charge in [-0.05, 0) is 60.9 Å². The van der Waals surface area contributed by atoms with Crippen molar-refractivity contribution in [3.05, 3.63) is 71.3 Å². The molecule has 0 fully saturated rings. The Labute approximate surface area is 199 Å². The lowest BCUT2D eigenvalue weighted by Crippen LogP contribution is -2.09. The van der Waals surface area contributed by atoms with Crippen LogP contribution in [0.1, 0.15) is 34.8 Å². The minimum Gasteiger partial charge on any atom is -0.495 e. The molecule has 7 heteroatoms. The summed E-state index contributed by atoms with van der Waals surface area (Å²) in [6.07, 6.45) is 2.07. The predicted molar refractivity (Wildman–Crippen MR) is 135 cm³/mol. The van der Waals surface area contributed by atoms with E-state index >= 15 is 0 Å². The van der Waals surface area contributed by atoms with Crippen molar-refractivity contribution in [2.75, 3.05) is 7.11 Å². The Morgan fingerprint density at radius 3 is 2.52 bits per heavy atom. The number of carbonyl (C=O) groups excluding carboxylic acids is 1. The number of fused-ring (bicyclic) bond motifs is 2. The molecule has 5 rings (SSSR count). The molecule has 0 radical (unpaired) electrons. The van der Waals surface area contributed by atoms with Gasteiger partial charge in [0.25, 0.3) is 0 Å². The van der Waals surface area contributed by atoms with E-state index in [4.69, 9.17) is 19.4 Å². The molecule has 0 aliphatic rings. The van der Waals surface area contributed by atoms with E-state index in [0.29, 0.717) is 22.6 Å². The second-order valence-electron chi connectivity index (χ2n) is 7.79. The van der Waals surface area contributed by atoms with Crippen LogP contribution in [0.4, 0.5) is 0 Å². The van der Waals surface area contributed by atoms with Crippen LogP contribution in [0, 0.1) is 6.92 Å². The van der Waals surface area contributed by atoms with Gasteiger partial charge >= 0.3 is 5.97 Å². The van der Waals surface area contributed by atoms with Gasteiger partial charge in [0, 0.05) is 0 Å². The van der Waals surface area contributed by atoms with Crippen molar-refractivity contribution in [3.63, 3.8) is 0 Å². The number of hydrogen-bond acceptors (Lipinski definition) is 7. The van der Waals surface area contributed by atoms with E-state index in [1.807, 2.05) is 30.3 Å². The first kappa shape index (κ1) is 21.6. The van der Waals surface area contributed by atoms with Gasteiger partial charge in [-0.2, -0.15) is 0 Å². The summed E-state index contributed by atoms with van der Waals surface area (Å²) in [5.74, 6) is 0.745. The molecule has 0 N–H and O–H groups in total. The lowest BCUT2D eigenvalue weighted by Gasteiger charge is -2.07. The van der Waals surface area contributed by atoms with E-state index < -0.39 is 5.97 Å². The lowest BCUT2D eigenvalue weighted by molar-refractivity contribution is 0.0736. The molecule has 33 heavy (non-hydrogen) atoms.